The first-order valence-corrected chi connectivity index (χ1v) is 20.8. The van der Waals surface area contributed by atoms with Crippen LogP contribution in [0.2, 0.25) is 0 Å². The summed E-state index contributed by atoms with van der Waals surface area (Å²) in [7, 11) is 0. The van der Waals surface area contributed by atoms with Gasteiger partial charge in [0, 0.05) is 43.5 Å². The van der Waals surface area contributed by atoms with Crippen molar-refractivity contribution >= 4 is 23.1 Å². The maximum Gasteiger partial charge on any atom is 0.349 e. The molecule has 1 aromatic heterocycles. The molecule has 288 valence electrons. The molecule has 0 spiro atoms. The molecule has 5 aromatic carbocycles. The minimum Gasteiger partial charge on any atom is -0.381 e. The topological polar surface area (TPSA) is 63.0 Å². The number of fused-ring (bicyclic) bond motifs is 1. The minimum atomic E-state index is -0.618. The van der Waals surface area contributed by atoms with Gasteiger partial charge in [0.25, 0.3) is 0 Å². The molecule has 3 aliphatic rings. The van der Waals surface area contributed by atoms with Crippen LogP contribution in [-0.2, 0) is 23.1 Å². The fraction of sp³-hybridized carbons (Fsp3) is 0.300. The Morgan fingerprint density at radius 1 is 0.702 bits per heavy atom. The zero-order valence-electron chi connectivity index (χ0n) is 32.8. The number of amides is 2. The Hall–Kier alpha value is -5.79. The van der Waals surface area contributed by atoms with E-state index in [9.17, 15) is 4.79 Å². The first kappa shape index (κ1) is 36.8. The number of ether oxygens (including phenoxy) is 1. The number of benzene rings is 5. The number of imidazole rings is 1. The van der Waals surface area contributed by atoms with Crippen molar-refractivity contribution in [2.75, 3.05) is 18.1 Å². The van der Waals surface area contributed by atoms with Gasteiger partial charge in [-0.3, -0.25) is 4.90 Å². The van der Waals surface area contributed by atoms with Crippen molar-refractivity contribution in [3.05, 3.63) is 185 Å². The lowest BCUT2D eigenvalue weighted by atomic mass is 9.76. The highest BCUT2D eigenvalue weighted by molar-refractivity contribution is 6.14. The summed E-state index contributed by atoms with van der Waals surface area (Å²) in [6.45, 7) is 3.40. The monoisotopic (exact) mass is 753 g/mol. The maximum absolute atomic E-state index is 14.9. The number of hydrazone groups is 1. The van der Waals surface area contributed by atoms with Gasteiger partial charge in [-0.1, -0.05) is 135 Å². The molecular weight excluding hydrogens is 703 g/mol. The quantitative estimate of drug-likeness (QED) is 0.131. The van der Waals surface area contributed by atoms with Gasteiger partial charge >= 0.3 is 6.03 Å². The molecule has 1 saturated carbocycles. The first-order chi connectivity index (χ1) is 28.1. The van der Waals surface area contributed by atoms with Crippen LogP contribution in [0, 0.1) is 12.8 Å². The predicted octanol–water partition coefficient (Wildman–Crippen LogP) is 10.9. The summed E-state index contributed by atoms with van der Waals surface area (Å²) in [4.78, 5) is 21.8. The van der Waals surface area contributed by atoms with Crippen LogP contribution in [0.15, 0.2) is 151 Å². The molecule has 7 heteroatoms. The number of carbonyl (C=O) groups excluding carboxylic acids is 1. The molecule has 6 aromatic rings. The van der Waals surface area contributed by atoms with Crippen LogP contribution >= 0.6 is 0 Å². The first-order valence-electron chi connectivity index (χ1n) is 20.8. The third-order valence-electron chi connectivity index (χ3n) is 12.3. The highest BCUT2D eigenvalue weighted by Crippen LogP contribution is 2.42. The minimum absolute atomic E-state index is 0.000502. The second kappa shape index (κ2) is 16.4. The Morgan fingerprint density at radius 3 is 1.93 bits per heavy atom. The Morgan fingerprint density at radius 2 is 1.32 bits per heavy atom. The number of hydrogen-bond acceptors (Lipinski definition) is 4. The molecular formula is C50H51N5O2. The zero-order chi connectivity index (χ0) is 38.6. The second-order valence-electron chi connectivity index (χ2n) is 15.8. The molecule has 1 aliphatic carbocycles. The number of urea groups is 1. The maximum atomic E-state index is 14.9. The summed E-state index contributed by atoms with van der Waals surface area (Å²) < 4.78 is 8.11. The van der Waals surface area contributed by atoms with E-state index in [1.165, 1.54) is 41.5 Å². The number of aromatic nitrogens is 2. The summed E-state index contributed by atoms with van der Waals surface area (Å²) in [6.07, 6.45) is 13.0. The van der Waals surface area contributed by atoms with Crippen molar-refractivity contribution in [2.45, 2.75) is 76.3 Å². The lowest BCUT2D eigenvalue weighted by molar-refractivity contribution is 0.0480. The highest BCUT2D eigenvalue weighted by Gasteiger charge is 2.40. The van der Waals surface area contributed by atoms with Gasteiger partial charge in [0.2, 0.25) is 0 Å². The molecule has 0 N–H and O–H groups in total. The van der Waals surface area contributed by atoms with E-state index in [2.05, 4.69) is 151 Å². The molecule has 9 rings (SSSR count). The molecule has 0 radical (unpaired) electrons. The van der Waals surface area contributed by atoms with Crippen molar-refractivity contribution in [3.8, 4) is 0 Å². The predicted molar refractivity (Wildman–Crippen MR) is 228 cm³/mol. The van der Waals surface area contributed by atoms with Crippen LogP contribution in [0.4, 0.5) is 16.2 Å². The summed E-state index contributed by atoms with van der Waals surface area (Å²) in [5.41, 5.74) is 9.13. The van der Waals surface area contributed by atoms with Gasteiger partial charge in [0.15, 0.2) is 0 Å². The molecule has 0 bridgehead atoms. The standard InChI is InChI=1S/C50H51N5O2/c1-37-22-28-45-46(36-37)54(49(56)55(44-30-34-57-35-31-44)52-48(45)39-14-6-2-7-15-39)43-26-23-38(24-27-43)25-29-47-51-32-33-53(47)50(40-16-8-3-9-17-40,41-18-10-4-11-19-41)42-20-12-5-13-21-42/h3-5,8-13,16-24,26-28,32-33,36,39,44H,2,6-7,14-15,25,29-31,34-35H2,1H3. The largest absolute Gasteiger partial charge is 0.381 e. The summed E-state index contributed by atoms with van der Waals surface area (Å²) in [6, 6.07) is 47.3. The van der Waals surface area contributed by atoms with Crippen LogP contribution in [0.5, 0.6) is 0 Å². The van der Waals surface area contributed by atoms with Crippen molar-refractivity contribution in [1.82, 2.24) is 14.6 Å². The number of aryl methyl sites for hydroxylation is 3. The van der Waals surface area contributed by atoms with E-state index in [0.29, 0.717) is 19.1 Å². The molecule has 7 nitrogen and oxygen atoms in total. The third kappa shape index (κ3) is 7.10. The Kier molecular flexibility index (Phi) is 10.6. The average Bonchev–Trinajstić information content (AvgIpc) is 3.70. The number of rotatable bonds is 10. The van der Waals surface area contributed by atoms with Gasteiger partial charge in [-0.15, -0.1) is 0 Å². The molecule has 3 heterocycles. The Labute approximate surface area is 336 Å². The van der Waals surface area contributed by atoms with Crippen LogP contribution in [0.3, 0.4) is 0 Å². The average molecular weight is 754 g/mol. The summed E-state index contributed by atoms with van der Waals surface area (Å²) >= 11 is 0. The van der Waals surface area contributed by atoms with E-state index in [-0.39, 0.29) is 12.1 Å². The molecule has 57 heavy (non-hydrogen) atoms. The Balaban J connectivity index is 1.05. The van der Waals surface area contributed by atoms with E-state index < -0.39 is 5.54 Å². The van der Waals surface area contributed by atoms with E-state index >= 15 is 0 Å². The zero-order valence-corrected chi connectivity index (χ0v) is 32.8. The van der Waals surface area contributed by atoms with Gasteiger partial charge < -0.3 is 9.30 Å². The van der Waals surface area contributed by atoms with Crippen LogP contribution in [-0.4, -0.2) is 45.6 Å². The fourth-order valence-corrected chi connectivity index (χ4v) is 9.40. The molecule has 1 saturated heterocycles. The second-order valence-corrected chi connectivity index (χ2v) is 15.8. The van der Waals surface area contributed by atoms with Crippen molar-refractivity contribution < 1.29 is 9.53 Å². The molecule has 2 fully saturated rings. The van der Waals surface area contributed by atoms with Gasteiger partial charge in [0.05, 0.1) is 23.1 Å². The van der Waals surface area contributed by atoms with Crippen LogP contribution < -0.4 is 4.90 Å². The molecule has 2 amide bonds. The van der Waals surface area contributed by atoms with Gasteiger partial charge in [-0.05, 0) is 85.0 Å². The van der Waals surface area contributed by atoms with Crippen molar-refractivity contribution in [1.29, 1.82) is 0 Å². The Bertz CT molecular complexity index is 2210. The smallest absolute Gasteiger partial charge is 0.349 e. The SMILES string of the molecule is Cc1ccc2c(c1)N(c1ccc(CCc3nccn3C(c3ccccc3)(c3ccccc3)c3ccccc3)cc1)C(=O)N(C1CCOCC1)N=C2C1CCCCC1. The van der Waals surface area contributed by atoms with Crippen LogP contribution in [0.1, 0.15) is 84.2 Å². The van der Waals surface area contributed by atoms with Gasteiger partial charge in [0.1, 0.15) is 11.4 Å². The molecule has 0 atom stereocenters. The lowest BCUT2D eigenvalue weighted by Gasteiger charge is -2.38. The molecule has 2 aliphatic heterocycles. The fourth-order valence-electron chi connectivity index (χ4n) is 9.40. The van der Waals surface area contributed by atoms with Crippen LogP contribution in [0.25, 0.3) is 0 Å². The van der Waals surface area contributed by atoms with Crippen molar-refractivity contribution in [3.63, 3.8) is 0 Å². The third-order valence-corrected chi connectivity index (χ3v) is 12.3. The van der Waals surface area contributed by atoms with E-state index in [0.717, 1.165) is 72.6 Å². The van der Waals surface area contributed by atoms with E-state index in [4.69, 9.17) is 14.8 Å². The van der Waals surface area contributed by atoms with E-state index in [1.54, 1.807) is 0 Å². The number of hydrogen-bond donors (Lipinski definition) is 0. The number of anilines is 2. The normalized spacial score (nSPS) is 16.9. The highest BCUT2D eigenvalue weighted by atomic mass is 16.5. The van der Waals surface area contributed by atoms with Gasteiger partial charge in [-0.2, -0.15) is 5.10 Å². The van der Waals surface area contributed by atoms with Gasteiger partial charge in [-0.25, -0.2) is 14.8 Å². The van der Waals surface area contributed by atoms with Crippen molar-refractivity contribution in [2.24, 2.45) is 11.0 Å². The number of nitrogens with zero attached hydrogens (tertiary/aromatic N) is 5. The lowest BCUT2D eigenvalue weighted by Crippen LogP contribution is -2.45. The summed E-state index contributed by atoms with van der Waals surface area (Å²) in [5, 5.41) is 7.13. The summed E-state index contributed by atoms with van der Waals surface area (Å²) in [5.74, 6) is 1.34. The molecule has 0 unspecified atom stereocenters. The number of carbonyl (C=O) groups is 1. The van der Waals surface area contributed by atoms with E-state index in [1.807, 2.05) is 16.1 Å².